The molecule has 31 heavy (non-hydrogen) atoms. The second kappa shape index (κ2) is 9.28. The summed E-state index contributed by atoms with van der Waals surface area (Å²) < 4.78 is 1.88. The number of H-pyrrole nitrogens is 1. The molecule has 0 bridgehead atoms. The van der Waals surface area contributed by atoms with Crippen molar-refractivity contribution in [1.82, 2.24) is 30.1 Å². The highest BCUT2D eigenvalue weighted by Gasteiger charge is 2.30. The van der Waals surface area contributed by atoms with Gasteiger partial charge >= 0.3 is 0 Å². The van der Waals surface area contributed by atoms with E-state index in [1.54, 1.807) is 0 Å². The zero-order valence-corrected chi connectivity index (χ0v) is 19.4. The van der Waals surface area contributed by atoms with Gasteiger partial charge in [-0.3, -0.25) is 9.69 Å². The number of pyridine rings is 1. The fraction of sp³-hybridized carbons (Fsp3) is 0.565. The molecule has 0 saturated heterocycles. The third-order valence-electron chi connectivity index (χ3n) is 6.19. The predicted molar refractivity (Wildman–Crippen MR) is 122 cm³/mol. The second-order valence-corrected chi connectivity index (χ2v) is 8.90. The van der Waals surface area contributed by atoms with Crippen LogP contribution in [0, 0.1) is 13.8 Å². The van der Waals surface area contributed by atoms with Crippen LogP contribution in [0.15, 0.2) is 23.0 Å². The largest absolute Gasteiger partial charge is 0.395 e. The summed E-state index contributed by atoms with van der Waals surface area (Å²) in [4.78, 5) is 18.0. The highest BCUT2D eigenvalue weighted by Crippen LogP contribution is 2.28. The number of aromatic amines is 1. The van der Waals surface area contributed by atoms with Crippen molar-refractivity contribution >= 4 is 10.9 Å². The molecule has 2 aromatic heterocycles. The highest BCUT2D eigenvalue weighted by atomic mass is 16.3. The summed E-state index contributed by atoms with van der Waals surface area (Å²) in [6.45, 7) is 13.3. The van der Waals surface area contributed by atoms with Crippen molar-refractivity contribution in [2.45, 2.75) is 72.5 Å². The SMILES string of the molecule is CCC(c1nnnn1C(C)(C)CC)N(CCO)Cc1cc2cc(C)cc(C)c2[nH]c1=O. The smallest absolute Gasteiger partial charge is 0.252 e. The van der Waals surface area contributed by atoms with Crippen molar-refractivity contribution in [2.24, 2.45) is 0 Å². The lowest BCUT2D eigenvalue weighted by atomic mass is 10.0. The van der Waals surface area contributed by atoms with E-state index in [2.05, 4.69) is 72.2 Å². The Kier molecular flexibility index (Phi) is 6.91. The maximum atomic E-state index is 12.9. The van der Waals surface area contributed by atoms with Crippen LogP contribution in [0.4, 0.5) is 0 Å². The van der Waals surface area contributed by atoms with Crippen LogP contribution >= 0.6 is 0 Å². The molecule has 3 rings (SSSR count). The molecule has 1 unspecified atom stereocenters. The zero-order chi connectivity index (χ0) is 22.8. The molecule has 0 aliphatic heterocycles. The van der Waals surface area contributed by atoms with Gasteiger partial charge in [0.1, 0.15) is 0 Å². The second-order valence-electron chi connectivity index (χ2n) is 8.90. The number of nitrogens with one attached hydrogen (secondary N) is 1. The van der Waals surface area contributed by atoms with Crippen LogP contribution in [0.3, 0.4) is 0 Å². The van der Waals surface area contributed by atoms with Gasteiger partial charge in [0.15, 0.2) is 5.82 Å². The normalized spacial score (nSPS) is 13.3. The van der Waals surface area contributed by atoms with E-state index in [9.17, 15) is 9.90 Å². The summed E-state index contributed by atoms with van der Waals surface area (Å²) in [6, 6.07) is 5.99. The number of hydrogen-bond donors (Lipinski definition) is 2. The minimum absolute atomic E-state index is 0.0149. The van der Waals surface area contributed by atoms with Crippen LogP contribution < -0.4 is 5.56 Å². The van der Waals surface area contributed by atoms with Crippen molar-refractivity contribution in [1.29, 1.82) is 0 Å². The Hall–Kier alpha value is -2.58. The van der Waals surface area contributed by atoms with Gasteiger partial charge in [-0.25, -0.2) is 4.68 Å². The third-order valence-corrected chi connectivity index (χ3v) is 6.19. The van der Waals surface area contributed by atoms with Crippen LogP contribution in [0.25, 0.3) is 10.9 Å². The molecule has 2 heterocycles. The Morgan fingerprint density at radius 1 is 1.23 bits per heavy atom. The molecular formula is C23H34N6O2. The minimum atomic E-state index is -0.230. The summed E-state index contributed by atoms with van der Waals surface area (Å²) in [6.07, 6.45) is 1.63. The Morgan fingerprint density at radius 3 is 2.61 bits per heavy atom. The van der Waals surface area contributed by atoms with Gasteiger partial charge in [-0.2, -0.15) is 0 Å². The topological polar surface area (TPSA) is 99.9 Å². The van der Waals surface area contributed by atoms with E-state index < -0.39 is 0 Å². The molecule has 1 aromatic carbocycles. The van der Waals surface area contributed by atoms with Crippen LogP contribution in [-0.4, -0.2) is 48.3 Å². The first-order valence-corrected chi connectivity index (χ1v) is 11.0. The number of hydrogen-bond acceptors (Lipinski definition) is 6. The van der Waals surface area contributed by atoms with E-state index in [1.165, 1.54) is 0 Å². The molecule has 0 radical (unpaired) electrons. The molecule has 8 heteroatoms. The first-order valence-electron chi connectivity index (χ1n) is 11.0. The Balaban J connectivity index is 2.02. The maximum absolute atomic E-state index is 12.9. The number of nitrogens with zero attached hydrogens (tertiary/aromatic N) is 5. The molecular weight excluding hydrogens is 392 g/mol. The van der Waals surface area contributed by atoms with Crippen molar-refractivity contribution in [2.75, 3.05) is 13.2 Å². The van der Waals surface area contributed by atoms with E-state index in [4.69, 9.17) is 0 Å². The molecule has 0 aliphatic carbocycles. The van der Waals surface area contributed by atoms with E-state index in [1.807, 2.05) is 17.7 Å². The van der Waals surface area contributed by atoms with Crippen molar-refractivity contribution in [3.8, 4) is 0 Å². The van der Waals surface area contributed by atoms with Crippen LogP contribution in [-0.2, 0) is 12.1 Å². The van der Waals surface area contributed by atoms with Crippen molar-refractivity contribution in [3.05, 3.63) is 51.1 Å². The molecule has 2 N–H and O–H groups in total. The molecule has 1 atom stereocenters. The molecule has 0 spiro atoms. The highest BCUT2D eigenvalue weighted by molar-refractivity contribution is 5.82. The van der Waals surface area contributed by atoms with E-state index in [0.29, 0.717) is 18.7 Å². The summed E-state index contributed by atoms with van der Waals surface area (Å²) in [5.74, 6) is 0.756. The fourth-order valence-electron chi connectivity index (χ4n) is 4.13. The lowest BCUT2D eigenvalue weighted by Crippen LogP contribution is -2.37. The van der Waals surface area contributed by atoms with Gasteiger partial charge in [0.05, 0.1) is 23.7 Å². The van der Waals surface area contributed by atoms with Gasteiger partial charge in [0.25, 0.3) is 5.56 Å². The summed E-state index contributed by atoms with van der Waals surface area (Å²) >= 11 is 0. The average molecular weight is 427 g/mol. The average Bonchev–Trinajstić information content (AvgIpc) is 3.20. The standard InChI is InChI=1S/C23H34N6O2/c1-7-19(21-25-26-27-29(21)23(5,6)8-2)28(9-10-30)14-18-13-17-12-15(3)11-16(4)20(17)24-22(18)31/h11-13,19,30H,7-10,14H2,1-6H3,(H,24,31). The summed E-state index contributed by atoms with van der Waals surface area (Å²) in [5, 5.41) is 23.3. The van der Waals surface area contributed by atoms with Gasteiger partial charge in [0.2, 0.25) is 0 Å². The van der Waals surface area contributed by atoms with Gasteiger partial charge in [-0.05, 0) is 74.0 Å². The van der Waals surface area contributed by atoms with Gasteiger partial charge in [-0.15, -0.1) is 5.10 Å². The Labute approximate surface area is 183 Å². The summed E-state index contributed by atoms with van der Waals surface area (Å²) in [5.41, 5.74) is 3.41. The Bertz CT molecular complexity index is 1100. The molecule has 3 aromatic rings. The monoisotopic (exact) mass is 426 g/mol. The number of aromatic nitrogens is 5. The first-order chi connectivity index (χ1) is 14.7. The molecule has 0 saturated carbocycles. The fourth-order valence-corrected chi connectivity index (χ4v) is 4.13. The van der Waals surface area contributed by atoms with Gasteiger partial charge in [-0.1, -0.05) is 25.5 Å². The number of aliphatic hydroxyl groups excluding tert-OH is 1. The Morgan fingerprint density at radius 2 is 1.97 bits per heavy atom. The maximum Gasteiger partial charge on any atom is 0.252 e. The number of fused-ring (bicyclic) bond motifs is 1. The molecule has 0 fully saturated rings. The summed E-state index contributed by atoms with van der Waals surface area (Å²) in [7, 11) is 0. The van der Waals surface area contributed by atoms with Gasteiger partial charge < -0.3 is 10.1 Å². The number of benzene rings is 1. The van der Waals surface area contributed by atoms with E-state index in [0.717, 1.165) is 40.7 Å². The van der Waals surface area contributed by atoms with Crippen molar-refractivity contribution in [3.63, 3.8) is 0 Å². The first kappa shape index (κ1) is 23.1. The molecule has 0 aliphatic rings. The molecule has 168 valence electrons. The number of tetrazole rings is 1. The lowest BCUT2D eigenvalue weighted by Gasteiger charge is -2.32. The minimum Gasteiger partial charge on any atom is -0.395 e. The zero-order valence-electron chi connectivity index (χ0n) is 19.4. The van der Waals surface area contributed by atoms with Crippen molar-refractivity contribution < 1.29 is 5.11 Å². The third kappa shape index (κ3) is 4.70. The predicted octanol–water partition coefficient (Wildman–Crippen LogP) is 3.22. The van der Waals surface area contributed by atoms with E-state index in [-0.39, 0.29) is 23.7 Å². The van der Waals surface area contributed by atoms with E-state index >= 15 is 0 Å². The van der Waals surface area contributed by atoms with Crippen LogP contribution in [0.2, 0.25) is 0 Å². The molecule has 8 nitrogen and oxygen atoms in total. The van der Waals surface area contributed by atoms with Crippen LogP contribution in [0.1, 0.15) is 69.1 Å². The molecule has 0 amide bonds. The number of aliphatic hydroxyl groups is 1. The number of aryl methyl sites for hydroxylation is 2. The van der Waals surface area contributed by atoms with Crippen LogP contribution in [0.5, 0.6) is 0 Å². The number of rotatable bonds is 9. The lowest BCUT2D eigenvalue weighted by molar-refractivity contribution is 0.125. The quantitative estimate of drug-likeness (QED) is 0.545. The van der Waals surface area contributed by atoms with Gasteiger partial charge in [0, 0.05) is 18.7 Å².